The lowest BCUT2D eigenvalue weighted by molar-refractivity contribution is 0.491. The first-order valence-electron chi connectivity index (χ1n) is 6.64. The van der Waals surface area contributed by atoms with E-state index in [-0.39, 0.29) is 6.04 Å². The lowest BCUT2D eigenvalue weighted by Gasteiger charge is -2.17. The lowest BCUT2D eigenvalue weighted by Crippen LogP contribution is -2.22. The Morgan fingerprint density at radius 2 is 2.15 bits per heavy atom. The molecule has 0 saturated carbocycles. The second kappa shape index (κ2) is 6.56. The van der Waals surface area contributed by atoms with Gasteiger partial charge in [-0.05, 0) is 31.7 Å². The molecule has 0 amide bonds. The van der Waals surface area contributed by atoms with Crippen LogP contribution in [-0.2, 0) is 13.0 Å². The van der Waals surface area contributed by atoms with Crippen molar-refractivity contribution in [3.05, 3.63) is 47.5 Å². The van der Waals surface area contributed by atoms with Crippen LogP contribution in [0.5, 0.6) is 0 Å². The number of nitrogens with one attached hydrogen (secondary N) is 1. The van der Waals surface area contributed by atoms with Gasteiger partial charge in [0.2, 0.25) is 0 Å². The van der Waals surface area contributed by atoms with E-state index in [1.165, 1.54) is 12.4 Å². The predicted octanol–water partition coefficient (Wildman–Crippen LogP) is 2.47. The van der Waals surface area contributed by atoms with Gasteiger partial charge in [-0.15, -0.1) is 0 Å². The molecule has 2 aromatic rings. The molecule has 0 spiro atoms. The molecule has 1 unspecified atom stereocenters. The third kappa shape index (κ3) is 3.19. The van der Waals surface area contributed by atoms with Gasteiger partial charge in [-0.3, -0.25) is 4.68 Å². The largest absolute Gasteiger partial charge is 0.313 e. The molecule has 0 aliphatic heterocycles. The van der Waals surface area contributed by atoms with E-state index in [2.05, 4.69) is 15.4 Å². The highest BCUT2D eigenvalue weighted by atomic mass is 19.1. The fourth-order valence-electron chi connectivity index (χ4n) is 2.18. The number of hydrogen-bond acceptors (Lipinski definition) is 3. The number of aromatic nitrogens is 3. The van der Waals surface area contributed by atoms with Crippen molar-refractivity contribution >= 4 is 0 Å². The Labute approximate surface area is 116 Å². The molecule has 1 aromatic carbocycles. The molecule has 0 fully saturated rings. The van der Waals surface area contributed by atoms with Crippen LogP contribution in [0.2, 0.25) is 0 Å². The van der Waals surface area contributed by atoms with Gasteiger partial charge in [-0.1, -0.05) is 6.92 Å². The summed E-state index contributed by atoms with van der Waals surface area (Å²) >= 11 is 0. The van der Waals surface area contributed by atoms with Crippen LogP contribution in [-0.4, -0.2) is 21.8 Å². The Balaban J connectivity index is 2.24. The van der Waals surface area contributed by atoms with Gasteiger partial charge in [0, 0.05) is 24.6 Å². The monoisotopic (exact) mass is 280 g/mol. The molecular formula is C14H18F2N4. The zero-order valence-corrected chi connectivity index (χ0v) is 11.6. The average molecular weight is 280 g/mol. The van der Waals surface area contributed by atoms with Crippen molar-refractivity contribution in [2.75, 3.05) is 7.05 Å². The zero-order chi connectivity index (χ0) is 14.5. The third-order valence-corrected chi connectivity index (χ3v) is 3.20. The van der Waals surface area contributed by atoms with Crippen LogP contribution in [0.25, 0.3) is 0 Å². The molecule has 0 saturated heterocycles. The summed E-state index contributed by atoms with van der Waals surface area (Å²) in [5.41, 5.74) is 0.304. The topological polar surface area (TPSA) is 42.7 Å². The first-order chi connectivity index (χ1) is 9.65. The maximum absolute atomic E-state index is 13.8. The van der Waals surface area contributed by atoms with Crippen molar-refractivity contribution < 1.29 is 8.78 Å². The first kappa shape index (κ1) is 14.6. The number of benzene rings is 1. The predicted molar refractivity (Wildman–Crippen MR) is 72.2 cm³/mol. The van der Waals surface area contributed by atoms with Gasteiger partial charge < -0.3 is 5.32 Å². The number of likely N-dealkylation sites (N-methyl/N-ethyl adjacent to an activating group) is 1. The van der Waals surface area contributed by atoms with Crippen molar-refractivity contribution in [2.45, 2.75) is 32.4 Å². The Kier molecular flexibility index (Phi) is 4.79. The van der Waals surface area contributed by atoms with Crippen molar-refractivity contribution in [2.24, 2.45) is 0 Å². The van der Waals surface area contributed by atoms with Gasteiger partial charge in [0.15, 0.2) is 0 Å². The van der Waals surface area contributed by atoms with E-state index in [4.69, 9.17) is 0 Å². The highest BCUT2D eigenvalue weighted by molar-refractivity contribution is 5.23. The highest BCUT2D eigenvalue weighted by Crippen LogP contribution is 2.21. The summed E-state index contributed by atoms with van der Waals surface area (Å²) in [6.07, 6.45) is 2.88. The summed E-state index contributed by atoms with van der Waals surface area (Å²) in [6, 6.07) is 3.14. The second-order valence-electron chi connectivity index (χ2n) is 4.61. The molecule has 1 heterocycles. The van der Waals surface area contributed by atoms with Gasteiger partial charge in [0.1, 0.15) is 23.8 Å². The van der Waals surface area contributed by atoms with Crippen molar-refractivity contribution in [1.29, 1.82) is 0 Å². The number of hydrogen-bond donors (Lipinski definition) is 1. The Hall–Kier alpha value is -1.82. The van der Waals surface area contributed by atoms with E-state index in [1.54, 1.807) is 11.7 Å². The molecular weight excluding hydrogens is 262 g/mol. The molecule has 6 heteroatoms. The molecule has 0 aliphatic rings. The minimum absolute atomic E-state index is 0.304. The maximum atomic E-state index is 13.8. The number of halogens is 2. The van der Waals surface area contributed by atoms with Crippen LogP contribution < -0.4 is 5.32 Å². The minimum Gasteiger partial charge on any atom is -0.313 e. The maximum Gasteiger partial charge on any atom is 0.138 e. The van der Waals surface area contributed by atoms with Crippen molar-refractivity contribution in [3.8, 4) is 0 Å². The average Bonchev–Trinajstić information content (AvgIpc) is 2.87. The Bertz CT molecular complexity index is 568. The fraction of sp³-hybridized carbons (Fsp3) is 0.429. The molecule has 108 valence electrons. The summed E-state index contributed by atoms with van der Waals surface area (Å²) in [5.74, 6) is -0.112. The molecule has 2 rings (SSSR count). The van der Waals surface area contributed by atoms with E-state index in [0.717, 1.165) is 30.9 Å². The fourth-order valence-corrected chi connectivity index (χ4v) is 2.18. The van der Waals surface area contributed by atoms with Gasteiger partial charge in [-0.25, -0.2) is 13.8 Å². The van der Waals surface area contributed by atoms with Crippen molar-refractivity contribution in [1.82, 2.24) is 20.1 Å². The third-order valence-electron chi connectivity index (χ3n) is 3.20. The summed E-state index contributed by atoms with van der Waals surface area (Å²) in [4.78, 5) is 4.20. The number of aryl methyl sites for hydroxylation is 1. The second-order valence-corrected chi connectivity index (χ2v) is 4.61. The minimum atomic E-state index is -0.448. The van der Waals surface area contributed by atoms with Gasteiger partial charge in [0.25, 0.3) is 0 Å². The highest BCUT2D eigenvalue weighted by Gasteiger charge is 2.18. The molecule has 1 atom stereocenters. The van der Waals surface area contributed by atoms with Gasteiger partial charge >= 0.3 is 0 Å². The standard InChI is InChI=1S/C14H18F2N4/c1-3-6-20-14(18-9-19-20)8-13(17-2)11-7-10(15)4-5-12(11)16/h4-5,7,9,13,17H,3,6,8H2,1-2H3. The summed E-state index contributed by atoms with van der Waals surface area (Å²) in [6.45, 7) is 2.81. The summed E-state index contributed by atoms with van der Waals surface area (Å²) in [5, 5.41) is 7.14. The molecule has 0 bridgehead atoms. The first-order valence-corrected chi connectivity index (χ1v) is 6.64. The van der Waals surface area contributed by atoms with E-state index in [9.17, 15) is 8.78 Å². The summed E-state index contributed by atoms with van der Waals surface area (Å²) in [7, 11) is 1.72. The van der Waals surface area contributed by atoms with Crippen LogP contribution in [0.1, 0.15) is 30.8 Å². The van der Waals surface area contributed by atoms with E-state index < -0.39 is 11.6 Å². The Morgan fingerprint density at radius 1 is 1.35 bits per heavy atom. The van der Waals surface area contributed by atoms with Crippen LogP contribution in [0.15, 0.2) is 24.5 Å². The van der Waals surface area contributed by atoms with Crippen LogP contribution >= 0.6 is 0 Å². The smallest absolute Gasteiger partial charge is 0.138 e. The summed E-state index contributed by atoms with van der Waals surface area (Å²) < 4.78 is 28.9. The quantitative estimate of drug-likeness (QED) is 0.884. The molecule has 1 aromatic heterocycles. The van der Waals surface area contributed by atoms with E-state index >= 15 is 0 Å². The molecule has 0 aliphatic carbocycles. The Morgan fingerprint density at radius 3 is 2.85 bits per heavy atom. The SMILES string of the molecule is CCCn1ncnc1CC(NC)c1cc(F)ccc1F. The molecule has 0 radical (unpaired) electrons. The van der Waals surface area contributed by atoms with Crippen LogP contribution in [0, 0.1) is 11.6 Å². The molecule has 4 nitrogen and oxygen atoms in total. The van der Waals surface area contributed by atoms with Gasteiger partial charge in [-0.2, -0.15) is 5.10 Å². The van der Waals surface area contributed by atoms with E-state index in [1.807, 2.05) is 6.92 Å². The number of nitrogens with zero attached hydrogens (tertiary/aromatic N) is 3. The molecule has 1 N–H and O–H groups in total. The van der Waals surface area contributed by atoms with Crippen LogP contribution in [0.4, 0.5) is 8.78 Å². The number of rotatable bonds is 6. The van der Waals surface area contributed by atoms with E-state index in [0.29, 0.717) is 12.0 Å². The zero-order valence-electron chi connectivity index (χ0n) is 11.6. The normalized spacial score (nSPS) is 12.6. The van der Waals surface area contributed by atoms with Crippen molar-refractivity contribution in [3.63, 3.8) is 0 Å². The van der Waals surface area contributed by atoms with Gasteiger partial charge in [0.05, 0.1) is 0 Å². The lowest BCUT2D eigenvalue weighted by atomic mass is 10.0. The van der Waals surface area contributed by atoms with Crippen LogP contribution in [0.3, 0.4) is 0 Å². The molecule has 20 heavy (non-hydrogen) atoms.